The van der Waals surface area contributed by atoms with E-state index in [0.29, 0.717) is 16.5 Å². The van der Waals surface area contributed by atoms with Gasteiger partial charge in [0.1, 0.15) is 6.04 Å². The third kappa shape index (κ3) is 3.67. The van der Waals surface area contributed by atoms with Gasteiger partial charge >= 0.3 is 5.97 Å². The summed E-state index contributed by atoms with van der Waals surface area (Å²) in [6, 6.07) is 7.41. The van der Waals surface area contributed by atoms with Gasteiger partial charge in [-0.3, -0.25) is 0 Å². The summed E-state index contributed by atoms with van der Waals surface area (Å²) < 4.78 is 0. The molecule has 1 heterocycles. The maximum absolute atomic E-state index is 11.6. The number of thioether (sulfide) groups is 1. The van der Waals surface area contributed by atoms with Crippen molar-refractivity contribution < 1.29 is 9.90 Å². The number of rotatable bonds is 3. The summed E-state index contributed by atoms with van der Waals surface area (Å²) in [5.41, 5.74) is 3.02. The summed E-state index contributed by atoms with van der Waals surface area (Å²) in [7, 11) is 0. The van der Waals surface area contributed by atoms with Crippen LogP contribution >= 0.6 is 11.8 Å². The van der Waals surface area contributed by atoms with Gasteiger partial charge in [0.05, 0.1) is 5.57 Å². The highest BCUT2D eigenvalue weighted by Crippen LogP contribution is 2.32. The van der Waals surface area contributed by atoms with Crippen LogP contribution < -0.4 is 5.32 Å². The molecule has 0 fully saturated rings. The fourth-order valence-corrected chi connectivity index (χ4v) is 3.02. The van der Waals surface area contributed by atoms with Crippen LogP contribution in [0.2, 0.25) is 0 Å². The highest BCUT2D eigenvalue weighted by Gasteiger charge is 2.29. The summed E-state index contributed by atoms with van der Waals surface area (Å²) in [5.74, 6) is -0.928. The second kappa shape index (κ2) is 6.35. The largest absolute Gasteiger partial charge is 0.478 e. The number of aliphatic imine (C=N–C) groups is 1. The van der Waals surface area contributed by atoms with Gasteiger partial charge in [-0.1, -0.05) is 55.4 Å². The lowest BCUT2D eigenvalue weighted by Crippen LogP contribution is -2.30. The van der Waals surface area contributed by atoms with Gasteiger partial charge in [-0.05, 0) is 19.4 Å². The number of benzene rings is 1. The van der Waals surface area contributed by atoms with Crippen LogP contribution in [0.3, 0.4) is 0 Å². The first-order valence-electron chi connectivity index (χ1n) is 6.90. The predicted molar refractivity (Wildman–Crippen MR) is 87.6 cm³/mol. The Morgan fingerprint density at radius 1 is 1.29 bits per heavy atom. The van der Waals surface area contributed by atoms with Crippen molar-refractivity contribution in [3.63, 3.8) is 0 Å². The normalized spacial score (nSPS) is 18.5. The Morgan fingerprint density at radius 2 is 1.90 bits per heavy atom. The summed E-state index contributed by atoms with van der Waals surface area (Å²) in [6.45, 7) is 7.97. The molecule has 1 aromatic rings. The lowest BCUT2D eigenvalue weighted by molar-refractivity contribution is -0.133. The van der Waals surface area contributed by atoms with Gasteiger partial charge in [0.15, 0.2) is 5.17 Å². The van der Waals surface area contributed by atoms with Crippen molar-refractivity contribution in [2.24, 2.45) is 4.99 Å². The number of aliphatic carboxylic acids is 1. The molecule has 1 aromatic carbocycles. The van der Waals surface area contributed by atoms with Gasteiger partial charge in [-0.2, -0.15) is 0 Å². The average molecular weight is 304 g/mol. The van der Waals surface area contributed by atoms with Crippen molar-refractivity contribution in [1.29, 1.82) is 0 Å². The molecule has 0 spiro atoms. The smallest absolute Gasteiger partial charge is 0.335 e. The lowest BCUT2D eigenvalue weighted by atomic mass is 9.96. The Bertz CT molecular complexity index is 603. The number of hydrogen-bond acceptors (Lipinski definition) is 4. The van der Waals surface area contributed by atoms with E-state index in [1.54, 1.807) is 18.7 Å². The van der Waals surface area contributed by atoms with Crippen LogP contribution in [0.15, 0.2) is 40.5 Å². The molecule has 0 radical (unpaired) electrons. The molecule has 0 saturated carbocycles. The molecule has 1 aliphatic heterocycles. The van der Waals surface area contributed by atoms with E-state index in [1.165, 1.54) is 0 Å². The maximum Gasteiger partial charge on any atom is 0.335 e. The Morgan fingerprint density at radius 3 is 2.43 bits per heavy atom. The third-order valence-electron chi connectivity index (χ3n) is 3.19. The number of allylic oxidation sites excluding steroid dienone is 1. The number of carbonyl (C=O) groups is 1. The summed E-state index contributed by atoms with van der Waals surface area (Å²) >= 11 is 1.61. The monoisotopic (exact) mass is 304 g/mol. The topological polar surface area (TPSA) is 61.7 Å². The fraction of sp³-hybridized carbons (Fsp3) is 0.375. The number of carboxylic acids is 1. The van der Waals surface area contributed by atoms with E-state index in [9.17, 15) is 9.90 Å². The molecule has 0 bridgehead atoms. The fourth-order valence-electron chi connectivity index (χ4n) is 2.20. The maximum atomic E-state index is 11.6. The molecule has 1 atom stereocenters. The van der Waals surface area contributed by atoms with Crippen LogP contribution in [0.1, 0.15) is 37.9 Å². The SMILES string of the molecule is CC1=C(C(=O)O)C(c2ccc(C)cc2)N=C(SC(C)C)N1. The minimum absolute atomic E-state index is 0.312. The van der Waals surface area contributed by atoms with Crippen LogP contribution in [-0.2, 0) is 4.79 Å². The lowest BCUT2D eigenvalue weighted by Gasteiger charge is -2.25. The van der Waals surface area contributed by atoms with Gasteiger partial charge < -0.3 is 10.4 Å². The summed E-state index contributed by atoms with van der Waals surface area (Å²) in [4.78, 5) is 16.2. The van der Waals surface area contributed by atoms with E-state index in [0.717, 1.165) is 16.3 Å². The second-order valence-corrected chi connectivity index (χ2v) is 6.95. The Balaban J connectivity index is 2.43. The molecule has 1 unspecified atom stereocenters. The minimum Gasteiger partial charge on any atom is -0.478 e. The van der Waals surface area contributed by atoms with E-state index in [2.05, 4.69) is 24.2 Å². The molecular weight excluding hydrogens is 284 g/mol. The number of nitrogens with zero attached hydrogens (tertiary/aromatic N) is 1. The van der Waals surface area contributed by atoms with Gasteiger partial charge in [0, 0.05) is 10.9 Å². The molecule has 112 valence electrons. The van der Waals surface area contributed by atoms with Crippen LogP contribution in [0.25, 0.3) is 0 Å². The standard InChI is InChI=1S/C16H20N2O2S/c1-9(2)21-16-17-11(4)13(15(19)20)14(18-16)12-7-5-10(3)6-8-12/h5-9,14H,1-4H3,(H,17,18)(H,19,20). The summed E-state index contributed by atoms with van der Waals surface area (Å²) in [6.07, 6.45) is 0. The quantitative estimate of drug-likeness (QED) is 0.897. The number of aryl methyl sites for hydroxylation is 1. The number of carboxylic acid groups (broad SMARTS) is 1. The van der Waals surface area contributed by atoms with Crippen molar-refractivity contribution in [1.82, 2.24) is 5.32 Å². The molecular formula is C16H20N2O2S. The van der Waals surface area contributed by atoms with E-state index in [1.807, 2.05) is 31.2 Å². The first kappa shape index (κ1) is 15.6. The van der Waals surface area contributed by atoms with Crippen molar-refractivity contribution >= 4 is 22.9 Å². The zero-order chi connectivity index (χ0) is 15.6. The molecule has 4 nitrogen and oxygen atoms in total. The van der Waals surface area contributed by atoms with Crippen LogP contribution in [-0.4, -0.2) is 21.5 Å². The molecule has 1 aliphatic rings. The average Bonchev–Trinajstić information content (AvgIpc) is 2.37. The minimum atomic E-state index is -0.928. The predicted octanol–water partition coefficient (Wildman–Crippen LogP) is 3.50. The van der Waals surface area contributed by atoms with E-state index < -0.39 is 12.0 Å². The number of hydrogen-bond donors (Lipinski definition) is 2. The molecule has 0 aromatic heterocycles. The van der Waals surface area contributed by atoms with E-state index in [-0.39, 0.29) is 0 Å². The van der Waals surface area contributed by atoms with E-state index in [4.69, 9.17) is 0 Å². The number of nitrogens with one attached hydrogen (secondary N) is 1. The summed E-state index contributed by atoms with van der Waals surface area (Å²) in [5, 5.41) is 13.8. The van der Waals surface area contributed by atoms with E-state index >= 15 is 0 Å². The van der Waals surface area contributed by atoms with Crippen molar-refractivity contribution in [3.8, 4) is 0 Å². The van der Waals surface area contributed by atoms with Gasteiger partial charge in [0.2, 0.25) is 0 Å². The first-order valence-corrected chi connectivity index (χ1v) is 7.78. The molecule has 0 saturated heterocycles. The highest BCUT2D eigenvalue weighted by molar-refractivity contribution is 8.14. The first-order chi connectivity index (χ1) is 9.88. The van der Waals surface area contributed by atoms with Crippen LogP contribution in [0.5, 0.6) is 0 Å². The van der Waals surface area contributed by atoms with Crippen molar-refractivity contribution in [3.05, 3.63) is 46.7 Å². The van der Waals surface area contributed by atoms with Crippen LogP contribution in [0.4, 0.5) is 0 Å². The molecule has 21 heavy (non-hydrogen) atoms. The number of amidine groups is 1. The Hall–Kier alpha value is -1.75. The van der Waals surface area contributed by atoms with Crippen molar-refractivity contribution in [2.45, 2.75) is 39.0 Å². The zero-order valence-corrected chi connectivity index (χ0v) is 13.5. The molecule has 0 aliphatic carbocycles. The molecule has 2 rings (SSSR count). The molecule has 0 amide bonds. The van der Waals surface area contributed by atoms with Gasteiger partial charge in [-0.25, -0.2) is 9.79 Å². The van der Waals surface area contributed by atoms with Crippen molar-refractivity contribution in [2.75, 3.05) is 0 Å². The Kier molecular flexibility index (Phi) is 4.73. The second-order valence-electron chi connectivity index (χ2n) is 5.38. The third-order valence-corrected chi connectivity index (χ3v) is 4.09. The van der Waals surface area contributed by atoms with Crippen LogP contribution in [0, 0.1) is 6.92 Å². The highest BCUT2D eigenvalue weighted by atomic mass is 32.2. The Labute approximate surface area is 129 Å². The zero-order valence-electron chi connectivity index (χ0n) is 12.7. The van der Waals surface area contributed by atoms with Gasteiger partial charge in [-0.15, -0.1) is 0 Å². The molecule has 5 heteroatoms. The molecule has 2 N–H and O–H groups in total. The van der Waals surface area contributed by atoms with Gasteiger partial charge in [0.25, 0.3) is 0 Å².